The van der Waals surface area contributed by atoms with Gasteiger partial charge in [-0.2, -0.15) is 14.0 Å². The maximum absolute atomic E-state index is 15.5. The first-order chi connectivity index (χ1) is 20.7. The molecule has 0 unspecified atom stereocenters. The van der Waals surface area contributed by atoms with E-state index >= 15 is 4.39 Å². The molecule has 1 fully saturated rings. The highest BCUT2D eigenvalue weighted by molar-refractivity contribution is 6.60. The van der Waals surface area contributed by atoms with Crippen LogP contribution in [0.1, 0.15) is 65.7 Å². The number of alkyl halides is 2. The standard InChI is InChI=1S/C29H27B3F3N7O2/c1-27(37)10-28(11-27,12-36)22-15(33)7-13(9-38-22)16-5-6-17-23(39-16)41-18-8-19(24(41)40-17)42(29(30,31)32)25(43)14-3-2-4-20(21(14)18)44-26(34)35/h2-7,9,18-19,26H,8,10-11,30-32,37H2,1H3/t18-,19-,27-,28+/m1/s1. The van der Waals surface area contributed by atoms with Crippen molar-refractivity contribution in [2.45, 2.75) is 61.1 Å². The molecule has 15 heteroatoms. The van der Waals surface area contributed by atoms with Crippen LogP contribution in [0.3, 0.4) is 0 Å². The summed E-state index contributed by atoms with van der Waals surface area (Å²) in [5.74, 6) is -0.394. The molecule has 2 aliphatic heterocycles. The van der Waals surface area contributed by atoms with Crippen LogP contribution in [0.4, 0.5) is 13.2 Å². The summed E-state index contributed by atoms with van der Waals surface area (Å²) in [5.41, 5.74) is 7.03. The molecule has 44 heavy (non-hydrogen) atoms. The minimum atomic E-state index is -3.08. The maximum atomic E-state index is 15.5. The van der Waals surface area contributed by atoms with Crippen LogP contribution in [0.25, 0.3) is 22.4 Å². The summed E-state index contributed by atoms with van der Waals surface area (Å²) in [6.45, 7) is -1.25. The van der Waals surface area contributed by atoms with E-state index in [2.05, 4.69) is 11.1 Å². The Morgan fingerprint density at radius 1 is 1.18 bits per heavy atom. The number of rotatable bonds is 5. The van der Waals surface area contributed by atoms with E-state index in [1.807, 2.05) is 35.0 Å². The highest BCUT2D eigenvalue weighted by Gasteiger charge is 2.54. The first-order valence-electron chi connectivity index (χ1n) is 14.4. The Balaban J connectivity index is 1.38. The number of halogens is 3. The van der Waals surface area contributed by atoms with Gasteiger partial charge in [-0.05, 0) is 55.3 Å². The van der Waals surface area contributed by atoms with Gasteiger partial charge in [-0.15, -0.1) is 0 Å². The van der Waals surface area contributed by atoms with Gasteiger partial charge in [0.05, 0.1) is 29.5 Å². The van der Waals surface area contributed by atoms with Crippen LogP contribution >= 0.6 is 0 Å². The summed E-state index contributed by atoms with van der Waals surface area (Å²) in [7, 11) is 5.77. The van der Waals surface area contributed by atoms with E-state index in [1.54, 1.807) is 23.1 Å². The molecule has 2 N–H and O–H groups in total. The van der Waals surface area contributed by atoms with Crippen molar-refractivity contribution in [1.29, 1.82) is 5.26 Å². The Kier molecular flexibility index (Phi) is 6.05. The zero-order chi connectivity index (χ0) is 31.3. The molecule has 3 aromatic heterocycles. The lowest BCUT2D eigenvalue weighted by molar-refractivity contribution is -0.0507. The van der Waals surface area contributed by atoms with Crippen LogP contribution in [0.2, 0.25) is 0 Å². The number of hydrogen-bond acceptors (Lipinski definition) is 7. The molecule has 1 amide bonds. The Morgan fingerprint density at radius 2 is 1.93 bits per heavy atom. The van der Waals surface area contributed by atoms with Crippen molar-refractivity contribution in [3.8, 4) is 23.1 Å². The second-order valence-corrected chi connectivity index (χ2v) is 13.3. The predicted octanol–water partition coefficient (Wildman–Crippen LogP) is 1.51. The zero-order valence-corrected chi connectivity index (χ0v) is 24.6. The van der Waals surface area contributed by atoms with E-state index < -0.39 is 40.7 Å². The third kappa shape index (κ3) is 4.14. The van der Waals surface area contributed by atoms with Crippen molar-refractivity contribution in [3.05, 3.63) is 71.1 Å². The van der Waals surface area contributed by atoms with Crippen LogP contribution in [0, 0.1) is 17.1 Å². The molecule has 2 atom stereocenters. The van der Waals surface area contributed by atoms with Gasteiger partial charge in [0, 0.05) is 34.8 Å². The van der Waals surface area contributed by atoms with Gasteiger partial charge in [-0.25, -0.2) is 14.4 Å². The lowest BCUT2D eigenvalue weighted by Crippen LogP contribution is -2.58. The lowest BCUT2D eigenvalue weighted by Gasteiger charge is -2.48. The van der Waals surface area contributed by atoms with Crippen molar-refractivity contribution in [2.24, 2.45) is 5.73 Å². The van der Waals surface area contributed by atoms with Gasteiger partial charge < -0.3 is 19.9 Å². The van der Waals surface area contributed by atoms with Crippen molar-refractivity contribution in [3.63, 3.8) is 0 Å². The molecule has 7 rings (SSSR count). The second kappa shape index (κ2) is 9.35. The molecule has 5 heterocycles. The van der Waals surface area contributed by atoms with Gasteiger partial charge in [0.15, 0.2) is 5.65 Å². The molecule has 1 aromatic carbocycles. The molecule has 0 radical (unpaired) electrons. The Hall–Kier alpha value is -4.31. The zero-order valence-electron chi connectivity index (χ0n) is 24.6. The molecule has 220 valence electrons. The number of pyridine rings is 2. The summed E-state index contributed by atoms with van der Waals surface area (Å²) in [5, 5.41) is 9.21. The molecule has 1 saturated carbocycles. The lowest BCUT2D eigenvalue weighted by atomic mass is 9.48. The average molecular weight is 595 g/mol. The number of nitriles is 1. The quantitative estimate of drug-likeness (QED) is 0.348. The number of amides is 1. The van der Waals surface area contributed by atoms with Crippen molar-refractivity contribution < 1.29 is 22.7 Å². The minimum Gasteiger partial charge on any atom is -0.434 e. The number of benzene rings is 1. The van der Waals surface area contributed by atoms with Gasteiger partial charge in [0.25, 0.3) is 5.91 Å². The van der Waals surface area contributed by atoms with E-state index in [9.17, 15) is 18.8 Å². The van der Waals surface area contributed by atoms with Crippen LogP contribution in [-0.2, 0) is 5.41 Å². The number of hydrogen-bond donors (Lipinski definition) is 1. The van der Waals surface area contributed by atoms with Crippen molar-refractivity contribution in [2.75, 3.05) is 0 Å². The fraction of sp³-hybridized carbons (Fsp3) is 0.345. The van der Waals surface area contributed by atoms with Crippen LogP contribution in [0.15, 0.2) is 42.6 Å². The largest absolute Gasteiger partial charge is 0.434 e. The normalized spacial score (nSPS) is 25.8. The van der Waals surface area contributed by atoms with Crippen molar-refractivity contribution >= 4 is 40.6 Å². The average Bonchev–Trinajstić information content (AvgIpc) is 3.43. The summed E-state index contributed by atoms with van der Waals surface area (Å²) >= 11 is 0. The van der Waals surface area contributed by atoms with Crippen LogP contribution < -0.4 is 10.5 Å². The Bertz CT molecular complexity index is 1910. The summed E-state index contributed by atoms with van der Waals surface area (Å²) in [4.78, 5) is 29.8. The number of carbonyl (C=O) groups is 1. The smallest absolute Gasteiger partial charge is 0.387 e. The molecule has 9 nitrogen and oxygen atoms in total. The monoisotopic (exact) mass is 595 g/mol. The minimum absolute atomic E-state index is 0.0677. The molecule has 0 saturated heterocycles. The number of carbonyl (C=O) groups excluding carboxylic acids is 1. The first-order valence-corrected chi connectivity index (χ1v) is 14.4. The second-order valence-electron chi connectivity index (χ2n) is 13.3. The number of fused-ring (bicyclic) bond motifs is 9. The van der Waals surface area contributed by atoms with Gasteiger partial charge in [0.1, 0.15) is 51.9 Å². The summed E-state index contributed by atoms with van der Waals surface area (Å²) in [6, 6.07) is 10.6. The number of aromatic nitrogens is 4. The first kappa shape index (κ1) is 28.5. The molecule has 4 aromatic rings. The molecular weight excluding hydrogens is 568 g/mol. The predicted molar refractivity (Wildman–Crippen MR) is 163 cm³/mol. The number of nitrogens with zero attached hydrogens (tertiary/aromatic N) is 6. The Labute approximate surface area is 253 Å². The highest BCUT2D eigenvalue weighted by atomic mass is 19.3. The number of ether oxygens (including phenoxy) is 1. The van der Waals surface area contributed by atoms with Gasteiger partial charge in [-0.3, -0.25) is 9.78 Å². The van der Waals surface area contributed by atoms with Gasteiger partial charge in [0.2, 0.25) is 0 Å². The maximum Gasteiger partial charge on any atom is 0.387 e. The van der Waals surface area contributed by atoms with E-state index in [1.165, 1.54) is 24.4 Å². The van der Waals surface area contributed by atoms with E-state index in [0.717, 1.165) is 0 Å². The fourth-order valence-corrected chi connectivity index (χ4v) is 7.46. The summed E-state index contributed by atoms with van der Waals surface area (Å²) in [6.07, 6.45) is 2.50. The van der Waals surface area contributed by atoms with Crippen LogP contribution in [-0.4, -0.2) is 71.3 Å². The van der Waals surface area contributed by atoms with Crippen molar-refractivity contribution in [1.82, 2.24) is 24.4 Å². The molecule has 1 aliphatic carbocycles. The Morgan fingerprint density at radius 3 is 2.57 bits per heavy atom. The summed E-state index contributed by atoms with van der Waals surface area (Å²) < 4.78 is 49.4. The molecular formula is C29H27B3F3N7O2. The van der Waals surface area contributed by atoms with Crippen LogP contribution in [0.5, 0.6) is 5.75 Å². The number of nitrogens with two attached hydrogens (primary N) is 1. The van der Waals surface area contributed by atoms with Gasteiger partial charge in [-0.1, -0.05) is 6.07 Å². The third-order valence-corrected chi connectivity index (χ3v) is 8.94. The number of imidazole rings is 1. The van der Waals surface area contributed by atoms with Gasteiger partial charge >= 0.3 is 6.61 Å². The van der Waals surface area contributed by atoms with E-state index in [-0.39, 0.29) is 22.9 Å². The van der Waals surface area contributed by atoms with E-state index in [0.29, 0.717) is 53.1 Å². The topological polar surface area (TPSA) is 123 Å². The molecule has 0 spiro atoms. The SMILES string of the molecule is BC(B)(B)N1C(=O)c2cccc(OC(F)F)c2[C@H]2C[C@@H]1c1nc3ccc(-c4cnc([C@]5(C#N)C[C@](C)(N)C5)c(F)c4)nc3n12. The molecule has 2 bridgehead atoms. The third-order valence-electron chi connectivity index (χ3n) is 8.94. The highest BCUT2D eigenvalue weighted by Crippen LogP contribution is 2.52. The fourth-order valence-electron chi connectivity index (χ4n) is 7.46. The molecule has 3 aliphatic rings. The van der Waals surface area contributed by atoms with E-state index in [4.69, 9.17) is 20.4 Å².